The minimum atomic E-state index is -0.0631. The van der Waals surface area contributed by atoms with Gasteiger partial charge in [0.05, 0.1) is 22.7 Å². The first-order chi connectivity index (χ1) is 14.2. The van der Waals surface area contributed by atoms with Gasteiger partial charge in [-0.25, -0.2) is 4.98 Å². The summed E-state index contributed by atoms with van der Waals surface area (Å²) in [5.41, 5.74) is 3.10. The number of likely N-dealkylation sites (tertiary alicyclic amines) is 1. The number of nitrogens with zero attached hydrogens (tertiary/aromatic N) is 4. The summed E-state index contributed by atoms with van der Waals surface area (Å²) >= 11 is 0. The van der Waals surface area contributed by atoms with Crippen LogP contribution in [0.4, 0.5) is 0 Å². The van der Waals surface area contributed by atoms with Crippen molar-refractivity contribution in [3.8, 4) is 5.75 Å². The molecular formula is C23H22N4O2. The Bertz CT molecular complexity index is 1190. The van der Waals surface area contributed by atoms with Crippen molar-refractivity contribution in [1.82, 2.24) is 19.4 Å². The third-order valence-electron chi connectivity index (χ3n) is 5.58. The lowest BCUT2D eigenvalue weighted by Gasteiger charge is -2.32. The summed E-state index contributed by atoms with van der Waals surface area (Å²) in [4.78, 5) is 23.6. The molecule has 0 spiro atoms. The first kappa shape index (κ1) is 17.7. The molecule has 6 nitrogen and oxygen atoms in total. The minimum Gasteiger partial charge on any atom is -0.490 e. The van der Waals surface area contributed by atoms with Gasteiger partial charge in [0.25, 0.3) is 5.91 Å². The number of carbonyl (C=O) groups excluding carboxylic acids is 1. The molecule has 1 amide bonds. The van der Waals surface area contributed by atoms with Gasteiger partial charge in [0, 0.05) is 44.6 Å². The fraction of sp³-hybridized carbons (Fsp3) is 0.261. The summed E-state index contributed by atoms with van der Waals surface area (Å²) in [5.74, 6) is 0.847. The molecule has 2 aromatic heterocycles. The summed E-state index contributed by atoms with van der Waals surface area (Å²) < 4.78 is 8.39. The van der Waals surface area contributed by atoms with Crippen LogP contribution >= 0.6 is 0 Å². The predicted molar refractivity (Wildman–Crippen MR) is 112 cm³/mol. The molecule has 0 unspecified atom stereocenters. The van der Waals surface area contributed by atoms with Crippen LogP contribution in [0.15, 0.2) is 60.9 Å². The van der Waals surface area contributed by atoms with E-state index in [0.717, 1.165) is 40.5 Å². The summed E-state index contributed by atoms with van der Waals surface area (Å²) in [6, 6.07) is 15.8. The Labute approximate surface area is 168 Å². The smallest absolute Gasteiger partial charge is 0.274 e. The normalized spacial score (nSPS) is 15.1. The third-order valence-corrected chi connectivity index (χ3v) is 5.58. The summed E-state index contributed by atoms with van der Waals surface area (Å²) in [5, 5.41) is 1.12. The standard InChI is InChI=1S/C23H22N4O2/c1-26-12-11-17-21(26)7-4-8-22(17)29-16-9-13-27(14-10-16)23(28)20-15-24-18-5-2-3-6-19(18)25-20/h2-8,11-12,15-16H,9-10,13-14H2,1H3. The molecule has 29 heavy (non-hydrogen) atoms. The van der Waals surface area contributed by atoms with Gasteiger partial charge in [0.2, 0.25) is 0 Å². The van der Waals surface area contributed by atoms with Crippen LogP contribution < -0.4 is 4.74 Å². The number of ether oxygens (including phenoxy) is 1. The molecule has 146 valence electrons. The number of hydrogen-bond acceptors (Lipinski definition) is 4. The summed E-state index contributed by atoms with van der Waals surface area (Å²) in [6.07, 6.45) is 5.33. The Morgan fingerprint density at radius 2 is 1.83 bits per heavy atom. The van der Waals surface area contributed by atoms with Gasteiger partial charge in [-0.3, -0.25) is 9.78 Å². The fourth-order valence-corrected chi connectivity index (χ4v) is 3.96. The van der Waals surface area contributed by atoms with E-state index in [1.807, 2.05) is 54.5 Å². The zero-order chi connectivity index (χ0) is 19.8. The average molecular weight is 386 g/mol. The predicted octanol–water partition coefficient (Wildman–Crippen LogP) is 3.81. The molecule has 5 rings (SSSR count). The van der Waals surface area contributed by atoms with Gasteiger partial charge in [-0.15, -0.1) is 0 Å². The molecule has 0 bridgehead atoms. The number of amides is 1. The molecule has 0 N–H and O–H groups in total. The van der Waals surface area contributed by atoms with E-state index < -0.39 is 0 Å². The van der Waals surface area contributed by atoms with E-state index in [4.69, 9.17) is 4.74 Å². The number of carbonyl (C=O) groups is 1. The topological polar surface area (TPSA) is 60.2 Å². The van der Waals surface area contributed by atoms with Crippen LogP contribution in [-0.4, -0.2) is 44.5 Å². The fourth-order valence-electron chi connectivity index (χ4n) is 3.96. The molecule has 1 aliphatic heterocycles. The molecule has 2 aromatic carbocycles. The van der Waals surface area contributed by atoms with Crippen LogP contribution in [0.1, 0.15) is 23.3 Å². The van der Waals surface area contributed by atoms with Crippen molar-refractivity contribution in [1.29, 1.82) is 0 Å². The van der Waals surface area contributed by atoms with Crippen LogP contribution in [-0.2, 0) is 7.05 Å². The zero-order valence-electron chi connectivity index (χ0n) is 16.3. The Morgan fingerprint density at radius 1 is 1.03 bits per heavy atom. The first-order valence-corrected chi connectivity index (χ1v) is 9.91. The Kier molecular flexibility index (Phi) is 4.39. The highest BCUT2D eigenvalue weighted by molar-refractivity contribution is 5.93. The van der Waals surface area contributed by atoms with E-state index >= 15 is 0 Å². The van der Waals surface area contributed by atoms with E-state index in [1.54, 1.807) is 6.20 Å². The first-order valence-electron chi connectivity index (χ1n) is 9.91. The Hall–Kier alpha value is -3.41. The lowest BCUT2D eigenvalue weighted by molar-refractivity contribution is 0.0592. The molecule has 3 heterocycles. The van der Waals surface area contributed by atoms with E-state index in [-0.39, 0.29) is 12.0 Å². The second kappa shape index (κ2) is 7.20. The Balaban J connectivity index is 1.26. The zero-order valence-corrected chi connectivity index (χ0v) is 16.3. The second-order valence-electron chi connectivity index (χ2n) is 7.47. The van der Waals surface area contributed by atoms with Crippen molar-refractivity contribution in [2.45, 2.75) is 18.9 Å². The number of aromatic nitrogens is 3. The summed E-state index contributed by atoms with van der Waals surface area (Å²) in [7, 11) is 2.03. The second-order valence-corrected chi connectivity index (χ2v) is 7.47. The van der Waals surface area contributed by atoms with Gasteiger partial charge in [0.15, 0.2) is 0 Å². The van der Waals surface area contributed by atoms with Crippen molar-refractivity contribution in [2.75, 3.05) is 13.1 Å². The molecule has 1 saturated heterocycles. The van der Waals surface area contributed by atoms with Crippen LogP contribution in [0.3, 0.4) is 0 Å². The van der Waals surface area contributed by atoms with Gasteiger partial charge in [-0.05, 0) is 30.3 Å². The van der Waals surface area contributed by atoms with Crippen molar-refractivity contribution >= 4 is 27.8 Å². The molecule has 1 aliphatic rings. The monoisotopic (exact) mass is 386 g/mol. The molecule has 6 heteroatoms. The number of aryl methyl sites for hydroxylation is 1. The average Bonchev–Trinajstić information content (AvgIpc) is 3.15. The number of hydrogen-bond donors (Lipinski definition) is 0. The Morgan fingerprint density at radius 3 is 2.66 bits per heavy atom. The van der Waals surface area contributed by atoms with Crippen molar-refractivity contribution < 1.29 is 9.53 Å². The van der Waals surface area contributed by atoms with E-state index in [9.17, 15) is 4.79 Å². The van der Waals surface area contributed by atoms with Gasteiger partial charge in [-0.1, -0.05) is 18.2 Å². The van der Waals surface area contributed by atoms with Crippen LogP contribution in [0, 0.1) is 0 Å². The van der Waals surface area contributed by atoms with E-state index in [2.05, 4.69) is 26.7 Å². The van der Waals surface area contributed by atoms with Gasteiger partial charge in [0.1, 0.15) is 17.5 Å². The van der Waals surface area contributed by atoms with E-state index in [0.29, 0.717) is 18.8 Å². The maximum Gasteiger partial charge on any atom is 0.274 e. The quantitative estimate of drug-likeness (QED) is 0.537. The number of para-hydroxylation sites is 2. The van der Waals surface area contributed by atoms with Crippen molar-refractivity contribution in [3.63, 3.8) is 0 Å². The largest absolute Gasteiger partial charge is 0.490 e. The molecule has 0 aliphatic carbocycles. The molecule has 4 aromatic rings. The highest BCUT2D eigenvalue weighted by atomic mass is 16.5. The van der Waals surface area contributed by atoms with Crippen molar-refractivity contribution in [3.05, 3.63) is 66.6 Å². The van der Waals surface area contributed by atoms with Crippen molar-refractivity contribution in [2.24, 2.45) is 7.05 Å². The molecule has 1 fully saturated rings. The van der Waals surface area contributed by atoms with Gasteiger partial charge >= 0.3 is 0 Å². The number of piperidine rings is 1. The number of rotatable bonds is 3. The van der Waals surface area contributed by atoms with Gasteiger partial charge in [-0.2, -0.15) is 0 Å². The highest BCUT2D eigenvalue weighted by Crippen LogP contribution is 2.29. The van der Waals surface area contributed by atoms with E-state index in [1.165, 1.54) is 0 Å². The lowest BCUT2D eigenvalue weighted by atomic mass is 10.1. The van der Waals surface area contributed by atoms with Crippen LogP contribution in [0.5, 0.6) is 5.75 Å². The minimum absolute atomic E-state index is 0.0631. The SMILES string of the molecule is Cn1ccc2c(OC3CCN(C(=O)c4cnc5ccccc5n4)CC3)cccc21. The molecule has 0 radical (unpaired) electrons. The van der Waals surface area contributed by atoms with Crippen LogP contribution in [0.2, 0.25) is 0 Å². The molecular weight excluding hydrogens is 364 g/mol. The highest BCUT2D eigenvalue weighted by Gasteiger charge is 2.26. The summed E-state index contributed by atoms with van der Waals surface area (Å²) in [6.45, 7) is 1.31. The molecule has 0 atom stereocenters. The number of benzene rings is 2. The maximum atomic E-state index is 12.9. The maximum absolute atomic E-state index is 12.9. The third kappa shape index (κ3) is 3.31. The van der Waals surface area contributed by atoms with Gasteiger partial charge < -0.3 is 14.2 Å². The molecule has 0 saturated carbocycles. The number of fused-ring (bicyclic) bond motifs is 2. The van der Waals surface area contributed by atoms with Crippen LogP contribution in [0.25, 0.3) is 21.9 Å². The lowest BCUT2D eigenvalue weighted by Crippen LogP contribution is -2.42.